The Labute approximate surface area is 164 Å². The molecule has 0 aliphatic heterocycles. The lowest BCUT2D eigenvalue weighted by Gasteiger charge is -2.00. The molecule has 3 aromatic rings. The third-order valence-corrected chi connectivity index (χ3v) is 4.59. The van der Waals surface area contributed by atoms with Crippen LogP contribution in [0.3, 0.4) is 0 Å². The van der Waals surface area contributed by atoms with Gasteiger partial charge in [-0.25, -0.2) is 4.98 Å². The summed E-state index contributed by atoms with van der Waals surface area (Å²) in [5, 5.41) is 3.22. The number of nitrogens with zero attached hydrogens (tertiary/aromatic N) is 1. The van der Waals surface area contributed by atoms with Gasteiger partial charge in [-0.05, 0) is 12.0 Å². The maximum Gasteiger partial charge on any atom is 0.124 e. The molecule has 0 amide bonds. The van der Waals surface area contributed by atoms with Gasteiger partial charge in [0.15, 0.2) is 0 Å². The molecular weight excluding hydrogens is 425 g/mol. The number of rotatable bonds is 4. The first-order valence-corrected chi connectivity index (χ1v) is 10.9. The summed E-state index contributed by atoms with van der Waals surface area (Å²) in [6, 6.07) is 19.1. The van der Waals surface area contributed by atoms with E-state index in [9.17, 15) is 0 Å². The van der Waals surface area contributed by atoms with Crippen LogP contribution >= 0.6 is 33.9 Å². The minimum absolute atomic E-state index is 1.06. The minimum Gasteiger partial charge on any atom is -0.236 e. The van der Waals surface area contributed by atoms with Gasteiger partial charge in [0.05, 0.1) is 5.69 Å². The van der Waals surface area contributed by atoms with Crippen LogP contribution in [0.1, 0.15) is 33.3 Å². The summed E-state index contributed by atoms with van der Waals surface area (Å²) < 4.78 is 1.16. The van der Waals surface area contributed by atoms with Crippen LogP contribution in [0.2, 0.25) is 0 Å². The highest BCUT2D eigenvalue weighted by Gasteiger charge is 2.06. The monoisotopic (exact) mass is 451 g/mol. The summed E-state index contributed by atoms with van der Waals surface area (Å²) in [5.74, 6) is 0. The van der Waals surface area contributed by atoms with Gasteiger partial charge in [-0.2, -0.15) is 0 Å². The normalized spacial score (nSPS) is 9.38. The molecule has 0 unspecified atom stereocenters. The van der Waals surface area contributed by atoms with Crippen molar-refractivity contribution in [1.29, 1.82) is 0 Å². The fourth-order valence-electron chi connectivity index (χ4n) is 2.07. The van der Waals surface area contributed by atoms with Crippen LogP contribution in [0.4, 0.5) is 0 Å². The van der Waals surface area contributed by atoms with Gasteiger partial charge in [0.2, 0.25) is 0 Å². The average molecular weight is 451 g/mol. The second-order valence-corrected chi connectivity index (χ2v) is 6.48. The number of aromatic nitrogens is 1. The topological polar surface area (TPSA) is 12.9 Å². The predicted molar refractivity (Wildman–Crippen MR) is 118 cm³/mol. The molecule has 0 N–H and O–H groups in total. The summed E-state index contributed by atoms with van der Waals surface area (Å²) in [6.45, 7) is 8.00. The quantitative estimate of drug-likeness (QED) is 0.296. The molecule has 128 valence electrons. The zero-order valence-corrected chi connectivity index (χ0v) is 17.9. The Kier molecular flexibility index (Phi) is 10.6. The fourth-order valence-corrected chi connectivity index (χ4v) is 3.53. The maximum absolute atomic E-state index is 4.74. The van der Waals surface area contributed by atoms with Crippen molar-refractivity contribution in [3.05, 3.63) is 65.5 Å². The van der Waals surface area contributed by atoms with E-state index in [0.29, 0.717) is 0 Å². The Bertz CT molecular complexity index is 675. The molecule has 0 atom stereocenters. The average Bonchev–Trinajstić information content (AvgIpc) is 3.17. The molecule has 3 rings (SSSR count). The highest BCUT2D eigenvalue weighted by Crippen LogP contribution is 2.28. The molecule has 0 aliphatic rings. The lowest BCUT2D eigenvalue weighted by atomic mass is 10.1. The standard InChI is InChI=1S/C17H14INS.2C2H6/c18-11-10-13-6-8-14(9-7-13)16-12-20-17(19-16)15-4-2-1-3-5-15;2*1-2/h1-9,12H,10-11H2;2*1-2H3. The van der Waals surface area contributed by atoms with E-state index < -0.39 is 0 Å². The molecule has 0 spiro atoms. The van der Waals surface area contributed by atoms with Crippen molar-refractivity contribution in [1.82, 2.24) is 4.98 Å². The largest absolute Gasteiger partial charge is 0.236 e. The molecule has 1 nitrogen and oxygen atoms in total. The van der Waals surface area contributed by atoms with E-state index in [0.717, 1.165) is 21.5 Å². The Morgan fingerprint density at radius 1 is 0.833 bits per heavy atom. The number of thiazole rings is 1. The van der Waals surface area contributed by atoms with Crippen LogP contribution in [-0.4, -0.2) is 9.41 Å². The highest BCUT2D eigenvalue weighted by atomic mass is 127. The van der Waals surface area contributed by atoms with Crippen molar-refractivity contribution < 1.29 is 0 Å². The molecule has 0 saturated heterocycles. The summed E-state index contributed by atoms with van der Waals surface area (Å²) >= 11 is 4.11. The van der Waals surface area contributed by atoms with Crippen molar-refractivity contribution in [2.24, 2.45) is 0 Å². The first kappa shape index (κ1) is 20.8. The van der Waals surface area contributed by atoms with E-state index in [1.807, 2.05) is 33.8 Å². The number of alkyl halides is 1. The summed E-state index contributed by atoms with van der Waals surface area (Å²) in [4.78, 5) is 4.74. The van der Waals surface area contributed by atoms with Crippen LogP contribution in [0.5, 0.6) is 0 Å². The molecular formula is C21H26INS. The Morgan fingerprint density at radius 2 is 1.46 bits per heavy atom. The first-order valence-electron chi connectivity index (χ1n) is 8.53. The van der Waals surface area contributed by atoms with E-state index in [2.05, 4.69) is 76.5 Å². The molecule has 0 radical (unpaired) electrons. The van der Waals surface area contributed by atoms with Gasteiger partial charge in [0, 0.05) is 20.9 Å². The maximum atomic E-state index is 4.74. The van der Waals surface area contributed by atoms with E-state index >= 15 is 0 Å². The van der Waals surface area contributed by atoms with Gasteiger partial charge in [-0.3, -0.25) is 0 Å². The van der Waals surface area contributed by atoms with E-state index in [-0.39, 0.29) is 0 Å². The molecule has 0 bridgehead atoms. The third kappa shape index (κ3) is 6.02. The molecule has 0 aliphatic carbocycles. The number of hydrogen-bond acceptors (Lipinski definition) is 2. The SMILES string of the molecule is CC.CC.ICCc1ccc(-c2csc(-c3ccccc3)n2)cc1. The molecule has 3 heteroatoms. The van der Waals surface area contributed by atoms with Crippen molar-refractivity contribution >= 4 is 33.9 Å². The first-order chi connectivity index (χ1) is 11.9. The lowest BCUT2D eigenvalue weighted by Crippen LogP contribution is -1.85. The van der Waals surface area contributed by atoms with Crippen molar-refractivity contribution in [2.75, 3.05) is 4.43 Å². The Hall–Kier alpha value is -1.20. The van der Waals surface area contributed by atoms with Gasteiger partial charge in [0.1, 0.15) is 5.01 Å². The zero-order valence-electron chi connectivity index (χ0n) is 14.9. The van der Waals surface area contributed by atoms with E-state index in [1.165, 1.54) is 16.7 Å². The molecule has 1 aromatic heterocycles. The Morgan fingerprint density at radius 3 is 2.04 bits per heavy atom. The van der Waals surface area contributed by atoms with E-state index in [1.54, 1.807) is 11.3 Å². The van der Waals surface area contributed by atoms with Crippen LogP contribution in [-0.2, 0) is 6.42 Å². The molecule has 2 aromatic carbocycles. The van der Waals surface area contributed by atoms with Gasteiger partial charge < -0.3 is 0 Å². The second kappa shape index (κ2) is 12.2. The van der Waals surface area contributed by atoms with E-state index in [4.69, 9.17) is 4.98 Å². The van der Waals surface area contributed by atoms with Gasteiger partial charge >= 0.3 is 0 Å². The zero-order chi connectivity index (χ0) is 17.8. The third-order valence-electron chi connectivity index (χ3n) is 3.16. The number of benzene rings is 2. The smallest absolute Gasteiger partial charge is 0.124 e. The van der Waals surface area contributed by atoms with Crippen molar-refractivity contribution in [3.8, 4) is 21.8 Å². The molecule has 0 fully saturated rings. The lowest BCUT2D eigenvalue weighted by molar-refractivity contribution is 1.18. The minimum atomic E-state index is 1.06. The second-order valence-electron chi connectivity index (χ2n) is 4.54. The van der Waals surface area contributed by atoms with Crippen LogP contribution in [0.25, 0.3) is 21.8 Å². The molecule has 24 heavy (non-hydrogen) atoms. The summed E-state index contributed by atoms with van der Waals surface area (Å²) in [5.41, 5.74) is 4.84. The number of hydrogen-bond donors (Lipinski definition) is 0. The number of halogens is 1. The molecule has 1 heterocycles. The summed E-state index contributed by atoms with van der Waals surface area (Å²) in [6.07, 6.45) is 1.13. The fraction of sp³-hybridized carbons (Fsp3) is 0.286. The van der Waals surface area contributed by atoms with Gasteiger partial charge in [0.25, 0.3) is 0 Å². The van der Waals surface area contributed by atoms with Gasteiger partial charge in [-0.15, -0.1) is 11.3 Å². The number of aryl methyl sites for hydroxylation is 1. The van der Waals surface area contributed by atoms with Crippen molar-refractivity contribution in [2.45, 2.75) is 34.1 Å². The Balaban J connectivity index is 0.000000671. The van der Waals surface area contributed by atoms with Crippen molar-refractivity contribution in [3.63, 3.8) is 0 Å². The predicted octanol–water partition coefficient (Wildman–Crippen LogP) is 7.51. The van der Waals surface area contributed by atoms with Crippen LogP contribution < -0.4 is 0 Å². The van der Waals surface area contributed by atoms with Crippen LogP contribution in [0, 0.1) is 0 Å². The van der Waals surface area contributed by atoms with Crippen LogP contribution in [0.15, 0.2) is 60.0 Å². The highest BCUT2D eigenvalue weighted by molar-refractivity contribution is 14.1. The van der Waals surface area contributed by atoms with Gasteiger partial charge in [-0.1, -0.05) is 105 Å². The summed E-state index contributed by atoms with van der Waals surface area (Å²) in [7, 11) is 0. The molecule has 0 saturated carbocycles.